The fourth-order valence-corrected chi connectivity index (χ4v) is 4.57. The zero-order valence-electron chi connectivity index (χ0n) is 22.4. The van der Waals surface area contributed by atoms with Crippen molar-refractivity contribution in [2.24, 2.45) is 0 Å². The number of benzene rings is 4. The van der Waals surface area contributed by atoms with Crippen LogP contribution in [0.5, 0.6) is 0 Å². The lowest BCUT2D eigenvalue weighted by Gasteiger charge is -2.14. The van der Waals surface area contributed by atoms with Gasteiger partial charge in [0.25, 0.3) is 6.20 Å². The summed E-state index contributed by atoms with van der Waals surface area (Å²) in [5.41, 5.74) is 5.41. The van der Waals surface area contributed by atoms with E-state index in [0.717, 1.165) is 51.6 Å². The maximum atomic E-state index is 11.4. The van der Waals surface area contributed by atoms with E-state index in [1.54, 1.807) is 18.5 Å². The molecule has 1 atom stereocenters. The quantitative estimate of drug-likeness (QED) is 0.0819. The number of rotatable bonds is 12. The molecular weight excluding hydrogens is 514 g/mol. The number of nitro groups is 1. The summed E-state index contributed by atoms with van der Waals surface area (Å²) in [4.78, 5) is 14.9. The van der Waals surface area contributed by atoms with Gasteiger partial charge in [0, 0.05) is 35.9 Å². The number of aliphatic hydroxyl groups excluding tert-OH is 1. The van der Waals surface area contributed by atoms with Crippen molar-refractivity contribution in [2.45, 2.75) is 12.5 Å². The van der Waals surface area contributed by atoms with Gasteiger partial charge in [0.15, 0.2) is 5.82 Å². The molecule has 0 saturated heterocycles. The van der Waals surface area contributed by atoms with Gasteiger partial charge in [-0.3, -0.25) is 15.1 Å². The molecule has 0 bridgehead atoms. The molecule has 5 rings (SSSR count). The second-order valence-corrected chi connectivity index (χ2v) is 9.67. The van der Waals surface area contributed by atoms with Gasteiger partial charge in [0.1, 0.15) is 0 Å². The van der Waals surface area contributed by atoms with Crippen LogP contribution in [0.2, 0.25) is 0 Å². The summed E-state index contributed by atoms with van der Waals surface area (Å²) >= 11 is 0. The van der Waals surface area contributed by atoms with E-state index in [-0.39, 0.29) is 5.82 Å². The fraction of sp³-hybridized carbons (Fsp3) is 0.121. The van der Waals surface area contributed by atoms with Gasteiger partial charge in [-0.2, -0.15) is 0 Å². The maximum Gasteiger partial charge on any atom is 0.274 e. The Morgan fingerprint density at radius 3 is 2.41 bits per heavy atom. The van der Waals surface area contributed by atoms with E-state index in [4.69, 9.17) is 0 Å². The number of aromatic nitrogens is 1. The molecule has 0 radical (unpaired) electrons. The average Bonchev–Trinajstić information content (AvgIpc) is 3.00. The Balaban J connectivity index is 1.19. The molecule has 8 nitrogen and oxygen atoms in total. The van der Waals surface area contributed by atoms with Crippen LogP contribution in [-0.4, -0.2) is 28.1 Å². The topological polar surface area (TPSA) is 112 Å². The van der Waals surface area contributed by atoms with Crippen molar-refractivity contribution in [2.75, 3.05) is 23.7 Å². The third-order valence-corrected chi connectivity index (χ3v) is 6.69. The maximum absolute atomic E-state index is 11.4. The molecule has 41 heavy (non-hydrogen) atoms. The van der Waals surface area contributed by atoms with Gasteiger partial charge >= 0.3 is 0 Å². The number of nitrogens with zero attached hydrogens (tertiary/aromatic N) is 2. The molecule has 4 aromatic carbocycles. The largest absolute Gasteiger partial charge is 0.387 e. The van der Waals surface area contributed by atoms with E-state index in [2.05, 4.69) is 51.3 Å². The van der Waals surface area contributed by atoms with Crippen LogP contribution in [0.4, 0.5) is 11.4 Å². The van der Waals surface area contributed by atoms with Gasteiger partial charge < -0.3 is 21.1 Å². The van der Waals surface area contributed by atoms with Crippen LogP contribution in [-0.2, 0) is 6.42 Å². The lowest BCUT2D eigenvalue weighted by molar-refractivity contribution is -0.403. The SMILES string of the molecule is O=[N+]([O-])/C=C(\Nc1ccc(CCNC[C@H](O)c2cccnc2)cc1)Nc1cccc(-c2ccc3ccccc3c2)c1. The first-order valence-corrected chi connectivity index (χ1v) is 13.4. The van der Waals surface area contributed by atoms with Gasteiger partial charge in [-0.25, -0.2) is 0 Å². The molecule has 1 aromatic heterocycles. The van der Waals surface area contributed by atoms with Gasteiger partial charge in [-0.15, -0.1) is 0 Å². The fourth-order valence-electron chi connectivity index (χ4n) is 4.57. The van der Waals surface area contributed by atoms with Crippen LogP contribution in [0, 0.1) is 10.1 Å². The van der Waals surface area contributed by atoms with Crippen LogP contribution >= 0.6 is 0 Å². The second-order valence-electron chi connectivity index (χ2n) is 9.67. The lowest BCUT2D eigenvalue weighted by Crippen LogP contribution is -2.23. The molecule has 5 aromatic rings. The molecule has 4 N–H and O–H groups in total. The Hall–Kier alpha value is -5.05. The van der Waals surface area contributed by atoms with Crippen molar-refractivity contribution in [3.8, 4) is 11.1 Å². The Labute approximate surface area is 238 Å². The van der Waals surface area contributed by atoms with Gasteiger partial charge in [0.2, 0.25) is 0 Å². The normalized spacial score (nSPS) is 12.2. The smallest absolute Gasteiger partial charge is 0.274 e. The highest BCUT2D eigenvalue weighted by Crippen LogP contribution is 2.27. The molecule has 206 valence electrons. The standard InChI is InChI=1S/C33H31N5O3/c39-32(29-8-4-17-34-21-29)22-35-18-16-24-10-14-30(15-11-24)36-33(23-38(40)41)37-31-9-3-7-27(20-31)28-13-12-25-5-1-2-6-26(25)19-28/h1-15,17,19-21,23,32,35-37,39H,16,18,22H2/b33-23+/t32-/m0/s1. The minimum atomic E-state index is -0.608. The van der Waals surface area contributed by atoms with E-state index in [1.807, 2.05) is 66.7 Å². The van der Waals surface area contributed by atoms with E-state index in [0.29, 0.717) is 13.1 Å². The highest BCUT2D eigenvalue weighted by Gasteiger charge is 2.09. The summed E-state index contributed by atoms with van der Waals surface area (Å²) < 4.78 is 0. The molecule has 1 heterocycles. The van der Waals surface area contributed by atoms with Crippen molar-refractivity contribution < 1.29 is 10.0 Å². The number of pyridine rings is 1. The Morgan fingerprint density at radius 1 is 0.854 bits per heavy atom. The Kier molecular flexibility index (Phi) is 8.95. The van der Waals surface area contributed by atoms with Crippen LogP contribution in [0.3, 0.4) is 0 Å². The lowest BCUT2D eigenvalue weighted by atomic mass is 10.0. The van der Waals surface area contributed by atoms with E-state index in [9.17, 15) is 15.2 Å². The summed E-state index contributed by atoms with van der Waals surface area (Å²) in [7, 11) is 0. The third kappa shape index (κ3) is 7.76. The van der Waals surface area contributed by atoms with Crippen molar-refractivity contribution in [1.82, 2.24) is 10.3 Å². The van der Waals surface area contributed by atoms with E-state index in [1.165, 1.54) is 5.39 Å². The van der Waals surface area contributed by atoms with Gasteiger partial charge in [-0.1, -0.05) is 66.7 Å². The van der Waals surface area contributed by atoms with E-state index < -0.39 is 11.0 Å². The number of aliphatic hydroxyl groups is 1. The molecule has 0 aliphatic rings. The summed E-state index contributed by atoms with van der Waals surface area (Å²) in [6.07, 6.45) is 4.43. The number of nitrogens with one attached hydrogen (secondary N) is 3. The molecule has 0 fully saturated rings. The summed E-state index contributed by atoms with van der Waals surface area (Å²) in [6, 6.07) is 33.7. The van der Waals surface area contributed by atoms with Crippen LogP contribution < -0.4 is 16.0 Å². The number of fused-ring (bicyclic) bond motifs is 1. The van der Waals surface area contributed by atoms with Crippen LogP contribution in [0.25, 0.3) is 21.9 Å². The first kappa shape index (κ1) is 27.5. The van der Waals surface area contributed by atoms with Crippen LogP contribution in [0.1, 0.15) is 17.2 Å². The van der Waals surface area contributed by atoms with Crippen molar-refractivity contribution in [3.63, 3.8) is 0 Å². The summed E-state index contributed by atoms with van der Waals surface area (Å²) in [5, 5.41) is 33.5. The molecule has 0 saturated carbocycles. The molecule has 0 unspecified atom stereocenters. The van der Waals surface area contributed by atoms with Crippen molar-refractivity contribution in [1.29, 1.82) is 0 Å². The van der Waals surface area contributed by atoms with Gasteiger partial charge in [-0.05, 0) is 76.8 Å². The number of hydrogen-bond acceptors (Lipinski definition) is 7. The molecule has 0 aliphatic heterocycles. The van der Waals surface area contributed by atoms with Crippen LogP contribution in [0.15, 0.2) is 128 Å². The Morgan fingerprint density at radius 2 is 1.63 bits per heavy atom. The first-order chi connectivity index (χ1) is 20.0. The highest BCUT2D eigenvalue weighted by atomic mass is 16.6. The van der Waals surface area contributed by atoms with E-state index >= 15 is 0 Å². The minimum absolute atomic E-state index is 0.254. The van der Waals surface area contributed by atoms with Gasteiger partial charge in [0.05, 0.1) is 11.0 Å². The van der Waals surface area contributed by atoms with Crippen molar-refractivity contribution in [3.05, 3.63) is 149 Å². The minimum Gasteiger partial charge on any atom is -0.387 e. The Bertz CT molecular complexity index is 1640. The average molecular weight is 546 g/mol. The second kappa shape index (κ2) is 13.3. The predicted molar refractivity (Wildman–Crippen MR) is 164 cm³/mol. The molecule has 0 aliphatic carbocycles. The third-order valence-electron chi connectivity index (χ3n) is 6.69. The zero-order valence-corrected chi connectivity index (χ0v) is 22.4. The molecule has 0 amide bonds. The molecule has 0 spiro atoms. The zero-order chi connectivity index (χ0) is 28.4. The molecular formula is C33H31N5O3. The molecule has 8 heteroatoms. The highest BCUT2D eigenvalue weighted by molar-refractivity contribution is 5.87. The number of anilines is 2. The first-order valence-electron chi connectivity index (χ1n) is 13.4. The summed E-state index contributed by atoms with van der Waals surface area (Å²) in [6.45, 7) is 1.14. The predicted octanol–water partition coefficient (Wildman–Crippen LogP) is 6.37. The number of hydrogen-bond donors (Lipinski definition) is 4. The summed E-state index contributed by atoms with van der Waals surface area (Å²) in [5.74, 6) is 0.254. The van der Waals surface area contributed by atoms with Crippen molar-refractivity contribution >= 4 is 22.1 Å². The monoisotopic (exact) mass is 545 g/mol.